The summed E-state index contributed by atoms with van der Waals surface area (Å²) in [6.07, 6.45) is 9.47. The first-order valence-corrected chi connectivity index (χ1v) is 20.6. The van der Waals surface area contributed by atoms with Gasteiger partial charge in [0.05, 0.1) is 22.1 Å². The van der Waals surface area contributed by atoms with Crippen LogP contribution in [-0.2, 0) is 0 Å². The van der Waals surface area contributed by atoms with Crippen molar-refractivity contribution in [1.29, 1.82) is 0 Å². The van der Waals surface area contributed by atoms with Crippen molar-refractivity contribution in [3.63, 3.8) is 0 Å². The first-order chi connectivity index (χ1) is 30.1. The standard InChI is InChI=1S/C54H37N5O2/c1-33(35-15-4-3-5-16-35)55-53(36-27-30-49-44(32-36)41-21-8-12-25-48(41)60-49)56-34(2)58-46-23-10-6-19-39(46)42-28-29-43-40-20-7-11-24-47(40)59(52(43)51(42)58)38-18-14-17-37(31-38)54-57-45-22-9-13-26-50(45)61-54/h3-15,17-32,35H,2,16H2,1H3. The Labute approximate surface area is 350 Å². The van der Waals surface area contributed by atoms with Crippen LogP contribution in [0.5, 0.6) is 0 Å². The van der Waals surface area contributed by atoms with E-state index >= 15 is 0 Å². The topological polar surface area (TPSA) is 73.8 Å². The monoisotopic (exact) mass is 787 g/mol. The predicted molar refractivity (Wildman–Crippen MR) is 252 cm³/mol. The van der Waals surface area contributed by atoms with Crippen LogP contribution in [0.15, 0.2) is 201 Å². The summed E-state index contributed by atoms with van der Waals surface area (Å²) >= 11 is 0. The van der Waals surface area contributed by atoms with Crippen molar-refractivity contribution < 1.29 is 8.83 Å². The number of hydrogen-bond acceptors (Lipinski definition) is 4. The molecule has 0 fully saturated rings. The van der Waals surface area contributed by atoms with Gasteiger partial charge in [-0.15, -0.1) is 0 Å². The lowest BCUT2D eigenvalue weighted by Crippen LogP contribution is -2.12. The van der Waals surface area contributed by atoms with Gasteiger partial charge in [-0.3, -0.25) is 4.57 Å². The molecule has 7 nitrogen and oxygen atoms in total. The summed E-state index contributed by atoms with van der Waals surface area (Å²) in [7, 11) is 0. The Morgan fingerprint density at radius 3 is 2.16 bits per heavy atom. The van der Waals surface area contributed by atoms with Gasteiger partial charge in [-0.1, -0.05) is 116 Å². The van der Waals surface area contributed by atoms with Crippen LogP contribution in [0.25, 0.3) is 99.6 Å². The minimum atomic E-state index is 0.163. The van der Waals surface area contributed by atoms with E-state index in [1.54, 1.807) is 0 Å². The number of fused-ring (bicyclic) bond motifs is 11. The van der Waals surface area contributed by atoms with Crippen LogP contribution in [0.1, 0.15) is 18.9 Å². The Morgan fingerprint density at radius 1 is 0.623 bits per heavy atom. The van der Waals surface area contributed by atoms with E-state index < -0.39 is 0 Å². The number of aliphatic imine (C=N–C) groups is 2. The quantitative estimate of drug-likeness (QED) is 0.124. The molecule has 4 aromatic heterocycles. The number of rotatable bonds is 6. The molecular weight excluding hydrogens is 751 g/mol. The molecule has 0 bridgehead atoms. The lowest BCUT2D eigenvalue weighted by molar-refractivity contribution is 0.620. The van der Waals surface area contributed by atoms with Crippen molar-refractivity contribution >= 4 is 94.0 Å². The Morgan fingerprint density at radius 2 is 1.34 bits per heavy atom. The third-order valence-electron chi connectivity index (χ3n) is 12.0. The molecule has 11 aromatic rings. The van der Waals surface area contributed by atoms with E-state index in [4.69, 9.17) is 30.4 Å². The fourth-order valence-electron chi connectivity index (χ4n) is 9.14. The van der Waals surface area contributed by atoms with Crippen molar-refractivity contribution in [1.82, 2.24) is 14.1 Å². The lowest BCUT2D eigenvalue weighted by Gasteiger charge is -2.15. The first kappa shape index (κ1) is 35.0. The van der Waals surface area contributed by atoms with Gasteiger partial charge < -0.3 is 13.4 Å². The summed E-state index contributed by atoms with van der Waals surface area (Å²) in [6.45, 7) is 6.85. The van der Waals surface area contributed by atoms with E-state index in [2.05, 4.69) is 143 Å². The number of oxazole rings is 1. The molecule has 0 radical (unpaired) electrons. The van der Waals surface area contributed by atoms with Crippen LogP contribution in [-0.4, -0.2) is 25.7 Å². The molecule has 7 heteroatoms. The molecule has 290 valence electrons. The average molecular weight is 788 g/mol. The second-order valence-corrected chi connectivity index (χ2v) is 15.7. The van der Waals surface area contributed by atoms with Gasteiger partial charge in [0.2, 0.25) is 5.89 Å². The zero-order valence-corrected chi connectivity index (χ0v) is 33.3. The minimum Gasteiger partial charge on any atom is -0.456 e. The molecule has 7 aromatic carbocycles. The second kappa shape index (κ2) is 13.8. The maximum atomic E-state index is 6.27. The van der Waals surface area contributed by atoms with E-state index in [1.807, 2.05) is 48.5 Å². The minimum absolute atomic E-state index is 0.163. The highest BCUT2D eigenvalue weighted by molar-refractivity contribution is 6.24. The van der Waals surface area contributed by atoms with E-state index in [1.165, 1.54) is 0 Å². The molecule has 1 aliphatic carbocycles. The van der Waals surface area contributed by atoms with Crippen LogP contribution >= 0.6 is 0 Å². The summed E-state index contributed by atoms with van der Waals surface area (Å²) in [5.74, 6) is 1.88. The third-order valence-corrected chi connectivity index (χ3v) is 12.0. The maximum Gasteiger partial charge on any atom is 0.227 e. The normalized spacial score (nSPS) is 14.9. The van der Waals surface area contributed by atoms with Crippen LogP contribution in [0.3, 0.4) is 0 Å². The number of para-hydroxylation sites is 5. The van der Waals surface area contributed by atoms with Gasteiger partial charge in [0.25, 0.3) is 0 Å². The number of benzene rings is 7. The zero-order valence-electron chi connectivity index (χ0n) is 33.3. The number of furan rings is 1. The molecule has 0 spiro atoms. The van der Waals surface area contributed by atoms with Crippen molar-refractivity contribution in [3.8, 4) is 17.1 Å². The van der Waals surface area contributed by atoms with Gasteiger partial charge >= 0.3 is 0 Å². The van der Waals surface area contributed by atoms with Gasteiger partial charge in [-0.2, -0.15) is 0 Å². The predicted octanol–water partition coefficient (Wildman–Crippen LogP) is 14.1. The fraction of sp³-hybridized carbons (Fsp3) is 0.0556. The van der Waals surface area contributed by atoms with Crippen LogP contribution in [0.4, 0.5) is 0 Å². The van der Waals surface area contributed by atoms with Crippen molar-refractivity contribution in [3.05, 3.63) is 188 Å². The van der Waals surface area contributed by atoms with Gasteiger partial charge in [0, 0.05) is 60.8 Å². The fourth-order valence-corrected chi connectivity index (χ4v) is 9.14. The van der Waals surface area contributed by atoms with Crippen LogP contribution < -0.4 is 0 Å². The molecule has 1 unspecified atom stereocenters. The van der Waals surface area contributed by atoms with Crippen LogP contribution in [0.2, 0.25) is 0 Å². The second-order valence-electron chi connectivity index (χ2n) is 15.7. The van der Waals surface area contributed by atoms with Gasteiger partial charge in [-0.25, -0.2) is 15.0 Å². The van der Waals surface area contributed by atoms with Gasteiger partial charge in [-0.05, 0) is 80.1 Å². The largest absolute Gasteiger partial charge is 0.456 e. The molecule has 4 heterocycles. The number of amidine groups is 1. The van der Waals surface area contributed by atoms with Crippen molar-refractivity contribution in [2.75, 3.05) is 0 Å². The Kier molecular flexibility index (Phi) is 7.90. The van der Waals surface area contributed by atoms with E-state index in [0.717, 1.165) is 106 Å². The highest BCUT2D eigenvalue weighted by Gasteiger charge is 2.23. The van der Waals surface area contributed by atoms with Crippen molar-refractivity contribution in [2.24, 2.45) is 15.9 Å². The van der Waals surface area contributed by atoms with E-state index in [0.29, 0.717) is 17.5 Å². The van der Waals surface area contributed by atoms with Crippen molar-refractivity contribution in [2.45, 2.75) is 13.3 Å². The van der Waals surface area contributed by atoms with E-state index in [-0.39, 0.29) is 5.92 Å². The molecule has 61 heavy (non-hydrogen) atoms. The molecule has 1 aliphatic rings. The number of hydrogen-bond donors (Lipinski definition) is 0. The smallest absolute Gasteiger partial charge is 0.227 e. The molecule has 0 amide bonds. The highest BCUT2D eigenvalue weighted by atomic mass is 16.3. The Balaban J connectivity index is 1.11. The molecule has 1 atom stereocenters. The van der Waals surface area contributed by atoms with Crippen LogP contribution in [0, 0.1) is 5.92 Å². The summed E-state index contributed by atoms with van der Waals surface area (Å²) in [6, 6.07) is 52.3. The highest BCUT2D eigenvalue weighted by Crippen LogP contribution is 2.42. The zero-order chi connectivity index (χ0) is 40.6. The molecular formula is C54H37N5O2. The summed E-state index contributed by atoms with van der Waals surface area (Å²) in [4.78, 5) is 15.6. The molecule has 12 rings (SSSR count). The third kappa shape index (κ3) is 5.62. The molecule has 0 N–H and O–H groups in total. The Hall–Kier alpha value is -8.03. The summed E-state index contributed by atoms with van der Waals surface area (Å²) < 4.78 is 17.1. The first-order valence-electron chi connectivity index (χ1n) is 20.6. The summed E-state index contributed by atoms with van der Waals surface area (Å²) in [5, 5.41) is 6.55. The molecule has 0 aliphatic heterocycles. The Bertz CT molecular complexity index is 3700. The lowest BCUT2D eigenvalue weighted by atomic mass is 9.96. The number of aromatic nitrogens is 3. The summed E-state index contributed by atoms with van der Waals surface area (Å²) in [5.41, 5.74) is 11.1. The van der Waals surface area contributed by atoms with E-state index in [9.17, 15) is 0 Å². The van der Waals surface area contributed by atoms with Gasteiger partial charge in [0.15, 0.2) is 11.4 Å². The molecule has 0 saturated carbocycles. The number of allylic oxidation sites excluding steroid dienone is 4. The number of nitrogens with zero attached hydrogens (tertiary/aromatic N) is 5. The maximum absolute atomic E-state index is 6.27. The SMILES string of the molecule is C=C(N=C(N=C(C)C1C=CC=CC1)c1ccc2oc3ccccc3c2c1)n1c2ccccc2c2ccc3c4ccccc4n(-c4cccc(-c5nc6ccccc6o5)c4)c3c21. The average Bonchev–Trinajstić information content (AvgIpc) is 4.08. The van der Waals surface area contributed by atoms with Gasteiger partial charge in [0.1, 0.15) is 22.5 Å². The molecule has 0 saturated heterocycles.